The van der Waals surface area contributed by atoms with Crippen LogP contribution < -0.4 is 4.72 Å². The first kappa shape index (κ1) is 13.8. The molecule has 1 aliphatic carbocycles. The standard InChI is InChI=1S/C11H18ClN3O2S/c1-15-11(5-6-13-15)18(16,17)14-8-9-3-2-4-10(12)7-9/h5-6,9-10,14H,2-4,7-8H2,1H3. The van der Waals surface area contributed by atoms with E-state index in [1.54, 1.807) is 7.05 Å². The normalized spacial score (nSPS) is 25.2. The smallest absolute Gasteiger partial charge is 0.256 e. The van der Waals surface area contributed by atoms with Crippen molar-refractivity contribution in [2.24, 2.45) is 13.0 Å². The minimum Gasteiger partial charge on any atom is -0.256 e. The molecule has 102 valence electrons. The summed E-state index contributed by atoms with van der Waals surface area (Å²) in [6.07, 6.45) is 5.51. The third kappa shape index (κ3) is 3.24. The Morgan fingerprint density at radius 1 is 1.56 bits per heavy atom. The Morgan fingerprint density at radius 3 is 2.94 bits per heavy atom. The van der Waals surface area contributed by atoms with E-state index in [-0.39, 0.29) is 10.4 Å². The minimum atomic E-state index is -3.46. The number of halogens is 1. The fraction of sp³-hybridized carbons (Fsp3) is 0.727. The number of hydrogen-bond donors (Lipinski definition) is 1. The van der Waals surface area contributed by atoms with Crippen molar-refractivity contribution in [3.8, 4) is 0 Å². The predicted molar refractivity (Wildman–Crippen MR) is 70.0 cm³/mol. The van der Waals surface area contributed by atoms with Crippen LogP contribution >= 0.6 is 11.6 Å². The topological polar surface area (TPSA) is 64.0 Å². The average Bonchev–Trinajstić information content (AvgIpc) is 2.74. The molecule has 1 aromatic rings. The SMILES string of the molecule is Cn1nccc1S(=O)(=O)NCC1CCCC(Cl)C1. The summed E-state index contributed by atoms with van der Waals surface area (Å²) in [6.45, 7) is 0.455. The van der Waals surface area contributed by atoms with E-state index in [1.165, 1.54) is 16.9 Å². The molecular weight excluding hydrogens is 274 g/mol. The summed E-state index contributed by atoms with van der Waals surface area (Å²) in [5.74, 6) is 0.337. The Bertz CT molecular complexity index is 500. The van der Waals surface area contributed by atoms with Gasteiger partial charge in [-0.2, -0.15) is 5.10 Å². The van der Waals surface area contributed by atoms with Gasteiger partial charge in [-0.05, 0) is 31.2 Å². The van der Waals surface area contributed by atoms with Crippen LogP contribution in [0, 0.1) is 5.92 Å². The number of aromatic nitrogens is 2. The van der Waals surface area contributed by atoms with E-state index in [1.807, 2.05) is 0 Å². The summed E-state index contributed by atoms with van der Waals surface area (Å²) in [5.41, 5.74) is 0. The van der Waals surface area contributed by atoms with Crippen molar-refractivity contribution >= 4 is 21.6 Å². The first-order valence-electron chi connectivity index (χ1n) is 6.11. The highest BCUT2D eigenvalue weighted by Crippen LogP contribution is 2.27. The van der Waals surface area contributed by atoms with E-state index in [4.69, 9.17) is 11.6 Å². The van der Waals surface area contributed by atoms with E-state index in [0.717, 1.165) is 25.7 Å². The van der Waals surface area contributed by atoms with Crippen molar-refractivity contribution in [1.82, 2.24) is 14.5 Å². The monoisotopic (exact) mass is 291 g/mol. The Kier molecular flexibility index (Phi) is 4.29. The van der Waals surface area contributed by atoms with Gasteiger partial charge < -0.3 is 0 Å². The Labute approximate surface area is 113 Å². The molecule has 1 saturated carbocycles. The molecular formula is C11H18ClN3O2S. The zero-order chi connectivity index (χ0) is 13.2. The van der Waals surface area contributed by atoms with Crippen LogP contribution in [-0.2, 0) is 17.1 Å². The summed E-state index contributed by atoms with van der Waals surface area (Å²) in [6, 6.07) is 1.49. The largest absolute Gasteiger partial charge is 0.257 e. The fourth-order valence-corrected chi connectivity index (χ4v) is 3.98. The molecule has 2 unspecified atom stereocenters. The molecule has 7 heteroatoms. The van der Waals surface area contributed by atoms with Crippen LogP contribution in [0.25, 0.3) is 0 Å². The number of nitrogens with zero attached hydrogens (tertiary/aromatic N) is 2. The molecule has 2 atom stereocenters. The van der Waals surface area contributed by atoms with Crippen LogP contribution in [0.3, 0.4) is 0 Å². The minimum absolute atomic E-state index is 0.185. The van der Waals surface area contributed by atoms with Crippen LogP contribution in [0.4, 0.5) is 0 Å². The summed E-state index contributed by atoms with van der Waals surface area (Å²) in [7, 11) is -1.84. The maximum absolute atomic E-state index is 12.0. The molecule has 1 aromatic heterocycles. The van der Waals surface area contributed by atoms with Crippen molar-refractivity contribution < 1.29 is 8.42 Å². The van der Waals surface area contributed by atoms with Crippen molar-refractivity contribution in [3.05, 3.63) is 12.3 Å². The van der Waals surface area contributed by atoms with Gasteiger partial charge in [-0.15, -0.1) is 11.6 Å². The first-order valence-corrected chi connectivity index (χ1v) is 8.03. The molecule has 0 saturated heterocycles. The van der Waals surface area contributed by atoms with E-state index >= 15 is 0 Å². The summed E-state index contributed by atoms with van der Waals surface area (Å²) in [4.78, 5) is 0. The summed E-state index contributed by atoms with van der Waals surface area (Å²) in [5, 5.41) is 4.25. The van der Waals surface area contributed by atoms with Crippen LogP contribution in [-0.4, -0.2) is 30.1 Å². The number of sulfonamides is 1. The van der Waals surface area contributed by atoms with E-state index < -0.39 is 10.0 Å². The van der Waals surface area contributed by atoms with Crippen LogP contribution in [0.5, 0.6) is 0 Å². The third-order valence-electron chi connectivity index (χ3n) is 3.33. The number of hydrogen-bond acceptors (Lipinski definition) is 3. The van der Waals surface area contributed by atoms with E-state index in [2.05, 4.69) is 9.82 Å². The van der Waals surface area contributed by atoms with Gasteiger partial charge in [0.15, 0.2) is 5.03 Å². The number of nitrogens with one attached hydrogen (secondary N) is 1. The molecule has 1 heterocycles. The third-order valence-corrected chi connectivity index (χ3v) is 5.23. The summed E-state index contributed by atoms with van der Waals surface area (Å²) >= 11 is 6.09. The van der Waals surface area contributed by atoms with Crippen molar-refractivity contribution in [2.45, 2.75) is 36.1 Å². The second kappa shape index (κ2) is 5.59. The molecule has 0 spiro atoms. The van der Waals surface area contributed by atoms with Crippen LogP contribution in [0.15, 0.2) is 17.3 Å². The zero-order valence-corrected chi connectivity index (χ0v) is 11.9. The molecule has 1 aliphatic rings. The number of alkyl halides is 1. The van der Waals surface area contributed by atoms with Gasteiger partial charge in [-0.25, -0.2) is 13.1 Å². The lowest BCUT2D eigenvalue weighted by molar-refractivity contribution is 0.361. The molecule has 0 bridgehead atoms. The Morgan fingerprint density at radius 2 is 2.33 bits per heavy atom. The van der Waals surface area contributed by atoms with Gasteiger partial charge in [-0.3, -0.25) is 4.68 Å². The van der Waals surface area contributed by atoms with Gasteiger partial charge in [0.25, 0.3) is 10.0 Å². The molecule has 0 radical (unpaired) electrons. The first-order chi connectivity index (χ1) is 8.49. The van der Waals surface area contributed by atoms with Crippen LogP contribution in [0.1, 0.15) is 25.7 Å². The highest BCUT2D eigenvalue weighted by atomic mass is 35.5. The van der Waals surface area contributed by atoms with Gasteiger partial charge in [0.05, 0.1) is 6.20 Å². The maximum Gasteiger partial charge on any atom is 0.257 e. The summed E-state index contributed by atoms with van der Waals surface area (Å²) < 4.78 is 28.1. The van der Waals surface area contributed by atoms with Crippen molar-refractivity contribution in [1.29, 1.82) is 0 Å². The molecule has 1 fully saturated rings. The molecule has 0 amide bonds. The second-order valence-corrected chi connectivity index (χ2v) is 7.11. The Balaban J connectivity index is 1.95. The predicted octanol–water partition coefficient (Wildman–Crippen LogP) is 1.50. The van der Waals surface area contributed by atoms with Gasteiger partial charge >= 0.3 is 0 Å². The maximum atomic E-state index is 12.0. The highest BCUT2D eigenvalue weighted by molar-refractivity contribution is 7.89. The van der Waals surface area contributed by atoms with E-state index in [9.17, 15) is 8.42 Å². The lowest BCUT2D eigenvalue weighted by Gasteiger charge is -2.25. The molecule has 2 rings (SSSR count). The number of aryl methyl sites for hydroxylation is 1. The fourth-order valence-electron chi connectivity index (χ4n) is 2.34. The second-order valence-electron chi connectivity index (χ2n) is 4.77. The lowest BCUT2D eigenvalue weighted by atomic mass is 9.89. The molecule has 1 N–H and O–H groups in total. The average molecular weight is 292 g/mol. The molecule has 18 heavy (non-hydrogen) atoms. The molecule has 0 aromatic carbocycles. The Hall–Kier alpha value is -0.590. The molecule has 0 aliphatic heterocycles. The quantitative estimate of drug-likeness (QED) is 0.855. The molecule has 5 nitrogen and oxygen atoms in total. The van der Waals surface area contributed by atoms with E-state index in [0.29, 0.717) is 12.5 Å². The lowest BCUT2D eigenvalue weighted by Crippen LogP contribution is -2.33. The van der Waals surface area contributed by atoms with Crippen molar-refractivity contribution in [3.63, 3.8) is 0 Å². The van der Waals surface area contributed by atoms with Crippen molar-refractivity contribution in [2.75, 3.05) is 6.54 Å². The zero-order valence-electron chi connectivity index (χ0n) is 10.3. The van der Waals surface area contributed by atoms with Gasteiger partial charge in [0, 0.05) is 19.0 Å². The number of rotatable bonds is 4. The highest BCUT2D eigenvalue weighted by Gasteiger charge is 2.23. The van der Waals surface area contributed by atoms with Crippen LogP contribution in [0.2, 0.25) is 0 Å². The van der Waals surface area contributed by atoms with Gasteiger partial charge in [0.1, 0.15) is 0 Å². The van der Waals surface area contributed by atoms with Gasteiger partial charge in [0.2, 0.25) is 0 Å². The van der Waals surface area contributed by atoms with Gasteiger partial charge in [-0.1, -0.05) is 6.42 Å².